The van der Waals surface area contributed by atoms with E-state index >= 15 is 0 Å². The lowest BCUT2D eigenvalue weighted by atomic mass is 10.0. The number of nitrogens with zero attached hydrogens (tertiary/aromatic N) is 1. The summed E-state index contributed by atoms with van der Waals surface area (Å²) in [6.45, 7) is 3.27. The number of likely N-dealkylation sites (tertiary alicyclic amines) is 1. The third-order valence-electron chi connectivity index (χ3n) is 4.18. The van der Waals surface area contributed by atoms with Crippen molar-refractivity contribution in [2.24, 2.45) is 5.73 Å². The number of nitrogens with two attached hydrogens (primary N) is 1. The maximum absolute atomic E-state index is 5.96. The lowest BCUT2D eigenvalue weighted by molar-refractivity contribution is 0.205. The predicted molar refractivity (Wildman–Crippen MR) is 99.3 cm³/mol. The van der Waals surface area contributed by atoms with Gasteiger partial charge in [0.15, 0.2) is 0 Å². The molecule has 0 spiro atoms. The third kappa shape index (κ3) is 4.32. The van der Waals surface area contributed by atoms with Crippen LogP contribution in [0, 0.1) is 0 Å². The maximum atomic E-state index is 5.96. The Hall–Kier alpha value is -0.870. The zero-order valence-electron chi connectivity index (χ0n) is 12.5. The molecule has 2 nitrogen and oxygen atoms in total. The summed E-state index contributed by atoms with van der Waals surface area (Å²) < 4.78 is 1.14. The molecule has 4 heteroatoms. The van der Waals surface area contributed by atoms with Gasteiger partial charge in [0.1, 0.15) is 0 Å². The van der Waals surface area contributed by atoms with Crippen LogP contribution in [0.1, 0.15) is 18.4 Å². The van der Waals surface area contributed by atoms with Crippen molar-refractivity contribution < 1.29 is 0 Å². The molecular weight excluding hydrogens is 360 g/mol. The molecule has 22 heavy (non-hydrogen) atoms. The first-order valence-electron chi connectivity index (χ1n) is 7.54. The zero-order chi connectivity index (χ0) is 14.7. The van der Waals surface area contributed by atoms with Gasteiger partial charge in [0.05, 0.1) is 0 Å². The van der Waals surface area contributed by atoms with Gasteiger partial charge in [-0.3, -0.25) is 4.90 Å². The first-order chi connectivity index (χ1) is 10.2. The molecule has 0 saturated carbocycles. The molecule has 118 valence electrons. The highest BCUT2D eigenvalue weighted by Gasteiger charge is 2.15. The van der Waals surface area contributed by atoms with Gasteiger partial charge in [0, 0.05) is 17.1 Å². The summed E-state index contributed by atoms with van der Waals surface area (Å²) in [5.41, 5.74) is 9.83. The monoisotopic (exact) mass is 380 g/mol. The summed E-state index contributed by atoms with van der Waals surface area (Å²) >= 11 is 3.62. The number of halogens is 2. The van der Waals surface area contributed by atoms with Crippen molar-refractivity contribution >= 4 is 28.3 Å². The molecule has 0 amide bonds. The fraction of sp³-hybridized carbons (Fsp3) is 0.333. The van der Waals surface area contributed by atoms with Gasteiger partial charge in [-0.15, -0.1) is 12.4 Å². The van der Waals surface area contributed by atoms with Crippen molar-refractivity contribution in [3.63, 3.8) is 0 Å². The molecular formula is C18H22BrClN2. The molecule has 1 saturated heterocycles. The van der Waals surface area contributed by atoms with Crippen LogP contribution >= 0.6 is 28.3 Å². The van der Waals surface area contributed by atoms with E-state index in [1.807, 2.05) is 6.07 Å². The smallest absolute Gasteiger partial charge is 0.0253 e. The summed E-state index contributed by atoms with van der Waals surface area (Å²) in [6.07, 6.45) is 2.24. The van der Waals surface area contributed by atoms with Crippen LogP contribution in [0.25, 0.3) is 11.1 Å². The van der Waals surface area contributed by atoms with Gasteiger partial charge in [-0.1, -0.05) is 58.4 Å². The van der Waals surface area contributed by atoms with Crippen molar-refractivity contribution in [3.05, 3.63) is 58.6 Å². The molecule has 0 unspecified atom stereocenters. The first kappa shape index (κ1) is 17.5. The Labute approximate surface area is 147 Å². The zero-order valence-corrected chi connectivity index (χ0v) is 14.9. The highest BCUT2D eigenvalue weighted by atomic mass is 79.9. The Morgan fingerprint density at radius 1 is 1.00 bits per heavy atom. The van der Waals surface area contributed by atoms with Gasteiger partial charge in [-0.2, -0.15) is 0 Å². The van der Waals surface area contributed by atoms with Crippen molar-refractivity contribution in [1.82, 2.24) is 4.90 Å². The largest absolute Gasteiger partial charge is 0.328 e. The lowest BCUT2D eigenvalue weighted by Gasteiger charge is -2.30. The van der Waals surface area contributed by atoms with Crippen molar-refractivity contribution in [2.75, 3.05) is 13.1 Å². The Bertz CT molecular complexity index is 592. The molecule has 1 aliphatic heterocycles. The van der Waals surface area contributed by atoms with E-state index in [2.05, 4.69) is 63.3 Å². The Kier molecular flexibility index (Phi) is 6.45. The fourth-order valence-electron chi connectivity index (χ4n) is 2.85. The number of piperidine rings is 1. The SMILES string of the molecule is Cl.NC1CCN(Cc2ccc(-c3ccccc3Br)cc2)CC1. The average Bonchev–Trinajstić information content (AvgIpc) is 2.51. The van der Waals surface area contributed by atoms with Gasteiger partial charge >= 0.3 is 0 Å². The van der Waals surface area contributed by atoms with E-state index in [1.54, 1.807) is 0 Å². The van der Waals surface area contributed by atoms with Crippen molar-refractivity contribution in [3.8, 4) is 11.1 Å². The van der Waals surface area contributed by atoms with Gasteiger partial charge in [0.2, 0.25) is 0 Å². The fourth-order valence-corrected chi connectivity index (χ4v) is 3.37. The van der Waals surface area contributed by atoms with Gasteiger partial charge in [-0.05, 0) is 48.7 Å². The van der Waals surface area contributed by atoms with Gasteiger partial charge in [0.25, 0.3) is 0 Å². The van der Waals surface area contributed by atoms with E-state index < -0.39 is 0 Å². The molecule has 1 aliphatic rings. The molecule has 0 atom stereocenters. The van der Waals surface area contributed by atoms with Crippen molar-refractivity contribution in [2.45, 2.75) is 25.4 Å². The Morgan fingerprint density at radius 3 is 2.27 bits per heavy atom. The summed E-state index contributed by atoms with van der Waals surface area (Å²) in [6, 6.07) is 17.7. The van der Waals surface area contributed by atoms with Crippen LogP contribution in [0.15, 0.2) is 53.0 Å². The summed E-state index contributed by atoms with van der Waals surface area (Å²) in [4.78, 5) is 2.50. The Morgan fingerprint density at radius 2 is 1.64 bits per heavy atom. The lowest BCUT2D eigenvalue weighted by Crippen LogP contribution is -2.39. The van der Waals surface area contributed by atoms with E-state index in [1.165, 1.54) is 16.7 Å². The second-order valence-electron chi connectivity index (χ2n) is 5.79. The normalized spacial score (nSPS) is 16.3. The van der Waals surface area contributed by atoms with Gasteiger partial charge < -0.3 is 5.73 Å². The molecule has 0 radical (unpaired) electrons. The van der Waals surface area contributed by atoms with Crippen LogP contribution in [0.4, 0.5) is 0 Å². The molecule has 0 bridgehead atoms. The topological polar surface area (TPSA) is 29.3 Å². The third-order valence-corrected chi connectivity index (χ3v) is 4.87. The number of hydrogen-bond acceptors (Lipinski definition) is 2. The minimum absolute atomic E-state index is 0. The van der Waals surface area contributed by atoms with Crippen LogP contribution < -0.4 is 5.73 Å². The molecule has 2 N–H and O–H groups in total. The predicted octanol–water partition coefficient (Wildman–Crippen LogP) is 4.46. The minimum atomic E-state index is 0. The summed E-state index contributed by atoms with van der Waals surface area (Å²) in [7, 11) is 0. The molecule has 0 aromatic heterocycles. The second kappa shape index (κ2) is 8.11. The summed E-state index contributed by atoms with van der Waals surface area (Å²) in [5.74, 6) is 0. The molecule has 0 aliphatic carbocycles. The van der Waals surface area contributed by atoms with Gasteiger partial charge in [-0.25, -0.2) is 0 Å². The van der Waals surface area contributed by atoms with Crippen LogP contribution in [0.2, 0.25) is 0 Å². The number of benzene rings is 2. The number of rotatable bonds is 3. The van der Waals surface area contributed by atoms with E-state index in [0.717, 1.165) is 36.9 Å². The van der Waals surface area contributed by atoms with E-state index in [-0.39, 0.29) is 12.4 Å². The quantitative estimate of drug-likeness (QED) is 0.850. The van der Waals surface area contributed by atoms with Crippen LogP contribution in [0.5, 0.6) is 0 Å². The molecule has 1 heterocycles. The van der Waals surface area contributed by atoms with E-state index in [4.69, 9.17) is 5.73 Å². The molecule has 1 fully saturated rings. The van der Waals surface area contributed by atoms with Crippen molar-refractivity contribution in [1.29, 1.82) is 0 Å². The van der Waals surface area contributed by atoms with Crippen LogP contribution in [-0.2, 0) is 6.54 Å². The van der Waals surface area contributed by atoms with E-state index in [9.17, 15) is 0 Å². The highest BCUT2D eigenvalue weighted by molar-refractivity contribution is 9.10. The minimum Gasteiger partial charge on any atom is -0.328 e. The maximum Gasteiger partial charge on any atom is 0.0253 e. The standard InChI is InChI=1S/C18H21BrN2.ClH/c19-18-4-2-1-3-17(18)15-7-5-14(6-8-15)13-21-11-9-16(20)10-12-21;/h1-8,16H,9-13,20H2;1H. The molecule has 2 aromatic rings. The number of hydrogen-bond donors (Lipinski definition) is 1. The second-order valence-corrected chi connectivity index (χ2v) is 6.64. The van der Waals surface area contributed by atoms with Crippen LogP contribution in [0.3, 0.4) is 0 Å². The Balaban J connectivity index is 0.00000176. The highest BCUT2D eigenvalue weighted by Crippen LogP contribution is 2.28. The molecule has 2 aromatic carbocycles. The molecule has 3 rings (SSSR count). The first-order valence-corrected chi connectivity index (χ1v) is 8.33. The average molecular weight is 382 g/mol. The summed E-state index contributed by atoms with van der Waals surface area (Å²) in [5, 5.41) is 0. The van der Waals surface area contributed by atoms with E-state index in [0.29, 0.717) is 6.04 Å². The van der Waals surface area contributed by atoms with Crippen LogP contribution in [-0.4, -0.2) is 24.0 Å².